The first kappa shape index (κ1) is 13.9. The monoisotopic (exact) mass is 235 g/mol. The highest BCUT2D eigenvalue weighted by Gasteiger charge is 1.97. The molecule has 0 atom stereocenters. The van der Waals surface area contributed by atoms with Gasteiger partial charge in [-0.15, -0.1) is 0 Å². The maximum Gasteiger partial charge on any atom is 0.123 e. The molecule has 0 heterocycles. The van der Waals surface area contributed by atoms with Crippen LogP contribution in [0.15, 0.2) is 30.3 Å². The molecule has 1 N–H and O–H groups in total. The van der Waals surface area contributed by atoms with Crippen LogP contribution in [0.1, 0.15) is 32.8 Å². The number of halogens is 1. The van der Waals surface area contributed by atoms with E-state index in [9.17, 15) is 4.39 Å². The molecule has 2 heteroatoms. The Labute approximate surface area is 104 Å². The van der Waals surface area contributed by atoms with Gasteiger partial charge in [0.25, 0.3) is 0 Å². The lowest BCUT2D eigenvalue weighted by Crippen LogP contribution is -2.20. The van der Waals surface area contributed by atoms with Gasteiger partial charge in [-0.05, 0) is 55.6 Å². The summed E-state index contributed by atoms with van der Waals surface area (Å²) in [5, 5.41) is 3.38. The molecular formula is C15H22FN. The number of allylic oxidation sites excluding steroid dienone is 1. The number of rotatable bonds is 6. The van der Waals surface area contributed by atoms with Crippen LogP contribution in [0.25, 0.3) is 5.57 Å². The van der Waals surface area contributed by atoms with E-state index < -0.39 is 0 Å². The van der Waals surface area contributed by atoms with Gasteiger partial charge >= 0.3 is 0 Å². The van der Waals surface area contributed by atoms with Gasteiger partial charge in [0, 0.05) is 0 Å². The van der Waals surface area contributed by atoms with E-state index in [0.29, 0.717) is 5.92 Å². The van der Waals surface area contributed by atoms with Gasteiger partial charge in [0.2, 0.25) is 0 Å². The zero-order chi connectivity index (χ0) is 12.7. The van der Waals surface area contributed by atoms with E-state index in [2.05, 4.69) is 25.2 Å². The van der Waals surface area contributed by atoms with Gasteiger partial charge in [-0.2, -0.15) is 0 Å². The third-order valence-corrected chi connectivity index (χ3v) is 2.60. The second-order valence-corrected chi connectivity index (χ2v) is 4.78. The number of nitrogens with one attached hydrogen (secondary N) is 1. The zero-order valence-electron chi connectivity index (χ0n) is 11.0. The molecule has 0 saturated carbocycles. The number of benzene rings is 1. The van der Waals surface area contributed by atoms with E-state index in [1.54, 1.807) is 12.1 Å². The van der Waals surface area contributed by atoms with Gasteiger partial charge in [-0.1, -0.05) is 32.1 Å². The largest absolute Gasteiger partial charge is 0.316 e. The van der Waals surface area contributed by atoms with Crippen LogP contribution in [0, 0.1) is 11.7 Å². The third-order valence-electron chi connectivity index (χ3n) is 2.60. The number of hydrogen-bond donors (Lipinski definition) is 1. The topological polar surface area (TPSA) is 12.0 Å². The second kappa shape index (κ2) is 7.23. The molecule has 0 aromatic heterocycles. The summed E-state index contributed by atoms with van der Waals surface area (Å²) in [5.41, 5.74) is 2.10. The smallest absolute Gasteiger partial charge is 0.123 e. The summed E-state index contributed by atoms with van der Waals surface area (Å²) >= 11 is 0. The van der Waals surface area contributed by atoms with Gasteiger partial charge in [0.1, 0.15) is 5.82 Å². The van der Waals surface area contributed by atoms with Crippen molar-refractivity contribution >= 4 is 5.57 Å². The van der Waals surface area contributed by atoms with Gasteiger partial charge < -0.3 is 5.32 Å². The maximum absolute atomic E-state index is 13.0. The maximum atomic E-state index is 13.0. The average molecular weight is 235 g/mol. The van der Waals surface area contributed by atoms with Gasteiger partial charge in [-0.25, -0.2) is 4.39 Å². The predicted molar refractivity (Wildman–Crippen MR) is 72.4 cm³/mol. The molecule has 1 nitrogen and oxygen atoms in total. The molecule has 94 valence electrons. The minimum Gasteiger partial charge on any atom is -0.316 e. The van der Waals surface area contributed by atoms with Crippen molar-refractivity contribution in [2.24, 2.45) is 5.92 Å². The van der Waals surface area contributed by atoms with Gasteiger partial charge in [0.15, 0.2) is 0 Å². The standard InChI is InChI=1S/C15H22FN/c1-12(2)11-17-9-5-6-13(3)14-7-4-8-15(16)10-14/h4,6-8,10,12,17H,5,9,11H2,1-3H3. The SMILES string of the molecule is CC(=CCCNCC(C)C)c1cccc(F)c1. The molecule has 1 rings (SSSR count). The van der Waals surface area contributed by atoms with E-state index >= 15 is 0 Å². The Morgan fingerprint density at radius 3 is 2.82 bits per heavy atom. The van der Waals surface area contributed by atoms with Crippen LogP contribution in [-0.4, -0.2) is 13.1 Å². The highest BCUT2D eigenvalue weighted by atomic mass is 19.1. The Balaban J connectivity index is 2.39. The zero-order valence-corrected chi connectivity index (χ0v) is 11.0. The molecule has 1 aromatic carbocycles. The van der Waals surface area contributed by atoms with Crippen molar-refractivity contribution in [2.45, 2.75) is 27.2 Å². The van der Waals surface area contributed by atoms with Crippen LogP contribution >= 0.6 is 0 Å². The lowest BCUT2D eigenvalue weighted by Gasteiger charge is -2.06. The fourth-order valence-electron chi connectivity index (χ4n) is 1.63. The Hall–Kier alpha value is -1.15. The lowest BCUT2D eigenvalue weighted by atomic mass is 10.1. The van der Waals surface area contributed by atoms with Crippen LogP contribution in [0.4, 0.5) is 4.39 Å². The molecule has 1 aromatic rings. The summed E-state index contributed by atoms with van der Waals surface area (Å²) in [6.45, 7) is 8.44. The quantitative estimate of drug-likeness (QED) is 0.738. The summed E-state index contributed by atoms with van der Waals surface area (Å²) in [5.74, 6) is 0.511. The van der Waals surface area contributed by atoms with Crippen molar-refractivity contribution in [3.63, 3.8) is 0 Å². The fraction of sp³-hybridized carbons (Fsp3) is 0.467. The highest BCUT2D eigenvalue weighted by molar-refractivity contribution is 5.63. The Morgan fingerprint density at radius 2 is 2.18 bits per heavy atom. The Morgan fingerprint density at radius 1 is 1.41 bits per heavy atom. The van der Waals surface area contributed by atoms with Crippen molar-refractivity contribution < 1.29 is 4.39 Å². The predicted octanol–water partition coefficient (Wildman–Crippen LogP) is 3.86. The molecule has 0 bridgehead atoms. The first-order valence-corrected chi connectivity index (χ1v) is 6.23. The molecule has 0 unspecified atom stereocenters. The molecule has 0 fully saturated rings. The van der Waals surface area contributed by atoms with Crippen molar-refractivity contribution in [2.75, 3.05) is 13.1 Å². The first-order chi connectivity index (χ1) is 8.09. The van der Waals surface area contributed by atoms with E-state index in [0.717, 1.165) is 30.6 Å². The molecule has 0 amide bonds. The van der Waals surface area contributed by atoms with E-state index in [-0.39, 0.29) is 5.82 Å². The summed E-state index contributed by atoms with van der Waals surface area (Å²) in [6, 6.07) is 6.74. The van der Waals surface area contributed by atoms with E-state index in [1.807, 2.05) is 13.0 Å². The molecule has 0 aliphatic heterocycles. The van der Waals surface area contributed by atoms with Crippen molar-refractivity contribution in [3.05, 3.63) is 41.7 Å². The summed E-state index contributed by atoms with van der Waals surface area (Å²) in [4.78, 5) is 0. The summed E-state index contributed by atoms with van der Waals surface area (Å²) in [7, 11) is 0. The Kier molecular flexibility index (Phi) is 5.92. The van der Waals surface area contributed by atoms with Crippen LogP contribution in [0.2, 0.25) is 0 Å². The van der Waals surface area contributed by atoms with E-state index in [4.69, 9.17) is 0 Å². The van der Waals surface area contributed by atoms with Crippen molar-refractivity contribution in [1.82, 2.24) is 5.32 Å². The van der Waals surface area contributed by atoms with Crippen molar-refractivity contribution in [1.29, 1.82) is 0 Å². The first-order valence-electron chi connectivity index (χ1n) is 6.23. The second-order valence-electron chi connectivity index (χ2n) is 4.78. The summed E-state index contributed by atoms with van der Waals surface area (Å²) < 4.78 is 13.0. The van der Waals surface area contributed by atoms with Crippen LogP contribution < -0.4 is 5.32 Å². The van der Waals surface area contributed by atoms with Crippen LogP contribution in [0.3, 0.4) is 0 Å². The van der Waals surface area contributed by atoms with Gasteiger partial charge in [0.05, 0.1) is 0 Å². The molecule has 0 radical (unpaired) electrons. The summed E-state index contributed by atoms with van der Waals surface area (Å²) in [6.07, 6.45) is 3.14. The normalized spacial score (nSPS) is 12.2. The molecule has 0 aliphatic carbocycles. The Bertz CT molecular complexity index is 369. The molecule has 0 spiro atoms. The van der Waals surface area contributed by atoms with Crippen LogP contribution in [0.5, 0.6) is 0 Å². The minimum atomic E-state index is -0.173. The molecular weight excluding hydrogens is 213 g/mol. The van der Waals surface area contributed by atoms with Crippen LogP contribution in [-0.2, 0) is 0 Å². The third kappa shape index (κ3) is 5.64. The molecule has 17 heavy (non-hydrogen) atoms. The fourth-order valence-corrected chi connectivity index (χ4v) is 1.63. The minimum absolute atomic E-state index is 0.173. The van der Waals surface area contributed by atoms with Gasteiger partial charge in [-0.3, -0.25) is 0 Å². The lowest BCUT2D eigenvalue weighted by molar-refractivity contribution is 0.557. The molecule has 0 saturated heterocycles. The average Bonchev–Trinajstić information content (AvgIpc) is 2.28. The highest BCUT2D eigenvalue weighted by Crippen LogP contribution is 2.14. The van der Waals surface area contributed by atoms with Crippen molar-refractivity contribution in [3.8, 4) is 0 Å². The number of hydrogen-bond acceptors (Lipinski definition) is 1. The molecule has 0 aliphatic rings. The van der Waals surface area contributed by atoms with E-state index in [1.165, 1.54) is 6.07 Å².